The van der Waals surface area contributed by atoms with Gasteiger partial charge in [0.15, 0.2) is 0 Å². The van der Waals surface area contributed by atoms with Crippen LogP contribution in [0.25, 0.3) is 0 Å². The zero-order valence-corrected chi connectivity index (χ0v) is 12.3. The molecule has 0 radical (unpaired) electrons. The Bertz CT molecular complexity index is 474. The van der Waals surface area contributed by atoms with Crippen molar-refractivity contribution in [2.24, 2.45) is 0 Å². The van der Waals surface area contributed by atoms with Crippen LogP contribution in [0, 0.1) is 12.3 Å². The number of hydrogen-bond acceptors (Lipinski definition) is 4. The number of nitrogens with zero attached hydrogens (tertiary/aromatic N) is 2. The van der Waals surface area contributed by atoms with Gasteiger partial charge in [-0.2, -0.15) is 0 Å². The molecule has 0 spiro atoms. The fraction of sp³-hybridized carbons (Fsp3) is 0.500. The molecule has 0 aliphatic carbocycles. The summed E-state index contributed by atoms with van der Waals surface area (Å²) in [6.45, 7) is 5.73. The van der Waals surface area contributed by atoms with Crippen molar-refractivity contribution in [2.45, 2.75) is 6.54 Å². The van der Waals surface area contributed by atoms with Crippen molar-refractivity contribution < 1.29 is 9.47 Å². The Labute approximate surface area is 121 Å². The van der Waals surface area contributed by atoms with E-state index in [0.717, 1.165) is 56.3 Å². The van der Waals surface area contributed by atoms with Crippen LogP contribution in [0.5, 0.6) is 11.5 Å². The first-order chi connectivity index (χ1) is 9.76. The monoisotopic (exact) mass is 274 g/mol. The lowest BCUT2D eigenvalue weighted by Gasteiger charge is -2.33. The summed E-state index contributed by atoms with van der Waals surface area (Å²) in [4.78, 5) is 4.73. The van der Waals surface area contributed by atoms with E-state index in [1.54, 1.807) is 14.2 Å². The maximum atomic E-state index is 5.43. The van der Waals surface area contributed by atoms with E-state index >= 15 is 0 Å². The molecule has 1 saturated heterocycles. The van der Waals surface area contributed by atoms with Crippen molar-refractivity contribution in [1.82, 2.24) is 9.80 Å². The van der Waals surface area contributed by atoms with Gasteiger partial charge >= 0.3 is 0 Å². The lowest BCUT2D eigenvalue weighted by Crippen LogP contribution is -2.45. The highest BCUT2D eigenvalue weighted by atomic mass is 16.5. The third kappa shape index (κ3) is 3.66. The lowest BCUT2D eigenvalue weighted by atomic mass is 10.1. The number of ether oxygens (including phenoxy) is 2. The van der Waals surface area contributed by atoms with Crippen LogP contribution in [0.1, 0.15) is 5.56 Å². The Balaban J connectivity index is 1.98. The highest BCUT2D eigenvalue weighted by molar-refractivity contribution is 5.40. The van der Waals surface area contributed by atoms with Gasteiger partial charge in [0.2, 0.25) is 0 Å². The van der Waals surface area contributed by atoms with Crippen LogP contribution in [0.2, 0.25) is 0 Å². The second kappa shape index (κ2) is 7.18. The van der Waals surface area contributed by atoms with Crippen LogP contribution in [-0.4, -0.2) is 56.7 Å². The van der Waals surface area contributed by atoms with Crippen molar-refractivity contribution in [1.29, 1.82) is 0 Å². The molecule has 20 heavy (non-hydrogen) atoms. The molecule has 1 aliphatic rings. The third-order valence-corrected chi connectivity index (χ3v) is 3.66. The van der Waals surface area contributed by atoms with E-state index in [-0.39, 0.29) is 0 Å². The molecule has 4 nitrogen and oxygen atoms in total. The molecule has 0 amide bonds. The van der Waals surface area contributed by atoms with E-state index in [1.807, 2.05) is 18.2 Å². The van der Waals surface area contributed by atoms with Crippen LogP contribution < -0.4 is 9.47 Å². The van der Waals surface area contributed by atoms with Gasteiger partial charge in [-0.05, 0) is 18.2 Å². The summed E-state index contributed by atoms with van der Waals surface area (Å²) in [7, 11) is 3.39. The van der Waals surface area contributed by atoms with Gasteiger partial charge < -0.3 is 9.47 Å². The van der Waals surface area contributed by atoms with E-state index in [4.69, 9.17) is 15.9 Å². The maximum absolute atomic E-state index is 5.43. The smallest absolute Gasteiger partial charge is 0.123 e. The minimum absolute atomic E-state index is 0.746. The van der Waals surface area contributed by atoms with Crippen molar-refractivity contribution in [2.75, 3.05) is 46.9 Å². The molecule has 0 saturated carbocycles. The van der Waals surface area contributed by atoms with E-state index in [2.05, 4.69) is 15.7 Å². The van der Waals surface area contributed by atoms with E-state index in [9.17, 15) is 0 Å². The van der Waals surface area contributed by atoms with E-state index in [0.29, 0.717) is 0 Å². The molecular formula is C16H22N2O2. The Morgan fingerprint density at radius 2 is 1.80 bits per heavy atom. The predicted octanol–water partition coefficient (Wildman–Crippen LogP) is 1.45. The Hall–Kier alpha value is -1.70. The Kier molecular flexibility index (Phi) is 5.28. The lowest BCUT2D eigenvalue weighted by molar-refractivity contribution is 0.137. The van der Waals surface area contributed by atoms with Crippen LogP contribution >= 0.6 is 0 Å². The number of terminal acetylenes is 1. The predicted molar refractivity (Wildman–Crippen MR) is 80.1 cm³/mol. The summed E-state index contributed by atoms with van der Waals surface area (Å²) in [6.07, 6.45) is 5.35. The number of benzene rings is 1. The van der Waals surface area contributed by atoms with Crippen LogP contribution in [0.3, 0.4) is 0 Å². The molecule has 0 N–H and O–H groups in total. The summed E-state index contributed by atoms with van der Waals surface area (Å²) >= 11 is 0. The average molecular weight is 274 g/mol. The van der Waals surface area contributed by atoms with Crippen molar-refractivity contribution >= 4 is 0 Å². The molecular weight excluding hydrogens is 252 g/mol. The number of methoxy groups -OCH3 is 2. The summed E-state index contributed by atoms with van der Waals surface area (Å²) in [6, 6.07) is 5.93. The van der Waals surface area contributed by atoms with Crippen molar-refractivity contribution in [3.8, 4) is 23.8 Å². The third-order valence-electron chi connectivity index (χ3n) is 3.66. The normalized spacial score (nSPS) is 16.6. The first-order valence-electron chi connectivity index (χ1n) is 6.86. The second-order valence-corrected chi connectivity index (χ2v) is 4.93. The molecule has 1 aromatic carbocycles. The minimum atomic E-state index is 0.746. The molecule has 4 heteroatoms. The maximum Gasteiger partial charge on any atom is 0.123 e. The standard InChI is InChI=1S/C16H22N2O2/c1-4-7-17-8-10-18(11-9-17)13-14-12-15(19-2)5-6-16(14)20-3/h1,5-6,12H,7-11,13H2,2-3H3. The first kappa shape index (κ1) is 14.7. The van der Waals surface area contributed by atoms with Gasteiger partial charge in [0.1, 0.15) is 11.5 Å². The van der Waals surface area contributed by atoms with E-state index in [1.165, 1.54) is 0 Å². The average Bonchev–Trinajstić information content (AvgIpc) is 2.49. The Morgan fingerprint density at radius 1 is 1.10 bits per heavy atom. The van der Waals surface area contributed by atoms with Gasteiger partial charge in [-0.15, -0.1) is 6.42 Å². The number of hydrogen-bond donors (Lipinski definition) is 0. The van der Waals surface area contributed by atoms with Crippen molar-refractivity contribution in [3.05, 3.63) is 23.8 Å². The van der Waals surface area contributed by atoms with Crippen LogP contribution in [0.4, 0.5) is 0 Å². The summed E-state index contributed by atoms with van der Waals surface area (Å²) < 4.78 is 10.7. The largest absolute Gasteiger partial charge is 0.497 e. The zero-order valence-electron chi connectivity index (χ0n) is 12.3. The van der Waals surface area contributed by atoms with Crippen LogP contribution in [0.15, 0.2) is 18.2 Å². The summed E-state index contributed by atoms with van der Waals surface area (Å²) in [5.41, 5.74) is 1.16. The SMILES string of the molecule is C#CCN1CCN(Cc2cc(OC)ccc2OC)CC1. The molecule has 1 aromatic rings. The number of rotatable bonds is 5. The molecule has 1 fully saturated rings. The molecule has 0 aromatic heterocycles. The highest BCUT2D eigenvalue weighted by Gasteiger charge is 2.17. The second-order valence-electron chi connectivity index (χ2n) is 4.93. The fourth-order valence-corrected chi connectivity index (χ4v) is 2.48. The molecule has 1 heterocycles. The molecule has 1 aliphatic heterocycles. The van der Waals surface area contributed by atoms with E-state index < -0.39 is 0 Å². The van der Waals surface area contributed by atoms with Gasteiger partial charge in [0, 0.05) is 38.3 Å². The summed E-state index contributed by atoms with van der Waals surface area (Å²) in [5, 5.41) is 0. The van der Waals surface area contributed by atoms with Gasteiger partial charge in [-0.25, -0.2) is 0 Å². The molecule has 0 bridgehead atoms. The quantitative estimate of drug-likeness (QED) is 0.759. The van der Waals surface area contributed by atoms with Gasteiger partial charge in [0.25, 0.3) is 0 Å². The highest BCUT2D eigenvalue weighted by Crippen LogP contribution is 2.25. The molecule has 0 atom stereocenters. The molecule has 2 rings (SSSR count). The van der Waals surface area contributed by atoms with Gasteiger partial charge in [-0.1, -0.05) is 5.92 Å². The molecule has 0 unspecified atom stereocenters. The molecule has 108 valence electrons. The summed E-state index contributed by atoms with van der Waals surface area (Å²) in [5.74, 6) is 4.49. The van der Waals surface area contributed by atoms with Gasteiger partial charge in [-0.3, -0.25) is 9.80 Å². The Morgan fingerprint density at radius 3 is 2.40 bits per heavy atom. The van der Waals surface area contributed by atoms with Crippen molar-refractivity contribution in [3.63, 3.8) is 0 Å². The zero-order chi connectivity index (χ0) is 14.4. The van der Waals surface area contributed by atoms with Crippen LogP contribution in [-0.2, 0) is 6.54 Å². The fourth-order valence-electron chi connectivity index (χ4n) is 2.48. The first-order valence-corrected chi connectivity index (χ1v) is 6.86. The van der Waals surface area contributed by atoms with Gasteiger partial charge in [0.05, 0.1) is 20.8 Å². The minimum Gasteiger partial charge on any atom is -0.497 e. The topological polar surface area (TPSA) is 24.9 Å². The number of piperazine rings is 1.